The largest absolute Gasteiger partial charge is 0.497 e. The van der Waals surface area contributed by atoms with E-state index < -0.39 is 15.8 Å². The number of methoxy groups -OCH3 is 1. The second-order valence-corrected chi connectivity index (χ2v) is 7.76. The van der Waals surface area contributed by atoms with E-state index in [0.29, 0.717) is 24.3 Å². The molecule has 1 aliphatic heterocycles. The Balaban J connectivity index is 1.61. The number of nitrogens with one attached hydrogen (secondary N) is 1. The van der Waals surface area contributed by atoms with Gasteiger partial charge in [-0.3, -0.25) is 0 Å². The van der Waals surface area contributed by atoms with Crippen LogP contribution in [-0.4, -0.2) is 46.1 Å². The van der Waals surface area contributed by atoms with Crippen molar-refractivity contribution in [3.8, 4) is 5.75 Å². The summed E-state index contributed by atoms with van der Waals surface area (Å²) in [5.41, 5.74) is 0. The van der Waals surface area contributed by atoms with Gasteiger partial charge >= 0.3 is 0 Å². The van der Waals surface area contributed by atoms with Gasteiger partial charge in [0.2, 0.25) is 10.0 Å². The molecule has 2 fully saturated rings. The van der Waals surface area contributed by atoms with Gasteiger partial charge in [0, 0.05) is 25.2 Å². The van der Waals surface area contributed by atoms with Gasteiger partial charge < -0.3 is 9.64 Å². The Labute approximate surface area is 130 Å². The van der Waals surface area contributed by atoms with Crippen LogP contribution in [0.25, 0.3) is 0 Å². The molecule has 22 heavy (non-hydrogen) atoms. The lowest BCUT2D eigenvalue weighted by molar-refractivity contribution is 0.314. The highest BCUT2D eigenvalue weighted by Crippen LogP contribution is 2.31. The van der Waals surface area contributed by atoms with Crippen molar-refractivity contribution in [2.45, 2.75) is 30.2 Å². The molecule has 1 aromatic rings. The Morgan fingerprint density at radius 1 is 1.36 bits per heavy atom. The molecule has 1 saturated heterocycles. The number of ether oxygens (including phenoxy) is 1. The first-order valence-corrected chi connectivity index (χ1v) is 9.05. The predicted octanol–water partition coefficient (Wildman–Crippen LogP) is 1.60. The zero-order valence-electron chi connectivity index (χ0n) is 12.6. The molecule has 3 rings (SSSR count). The van der Waals surface area contributed by atoms with E-state index in [1.165, 1.54) is 32.1 Å². The van der Waals surface area contributed by atoms with Crippen molar-refractivity contribution in [2.75, 3.05) is 26.7 Å². The van der Waals surface area contributed by atoms with Gasteiger partial charge in [-0.25, -0.2) is 17.5 Å². The van der Waals surface area contributed by atoms with E-state index in [2.05, 4.69) is 9.62 Å². The highest BCUT2D eigenvalue weighted by molar-refractivity contribution is 7.89. The Kier molecular flexibility index (Phi) is 4.38. The highest BCUT2D eigenvalue weighted by atomic mass is 32.2. The lowest BCUT2D eigenvalue weighted by atomic mass is 10.1. The summed E-state index contributed by atoms with van der Waals surface area (Å²) in [5.74, 6) is -0.193. The van der Waals surface area contributed by atoms with E-state index >= 15 is 0 Å². The van der Waals surface area contributed by atoms with Crippen LogP contribution in [0.2, 0.25) is 0 Å². The monoisotopic (exact) mass is 328 g/mol. The average Bonchev–Trinajstić information content (AvgIpc) is 3.23. The molecule has 7 heteroatoms. The number of sulfonamides is 1. The third-order valence-electron chi connectivity index (χ3n) is 4.37. The van der Waals surface area contributed by atoms with Crippen LogP contribution in [-0.2, 0) is 10.0 Å². The molecule has 0 aromatic heterocycles. The van der Waals surface area contributed by atoms with Crippen LogP contribution in [0.5, 0.6) is 5.75 Å². The third kappa shape index (κ3) is 3.42. The molecule has 0 amide bonds. The second-order valence-electron chi connectivity index (χ2n) is 6.03. The fourth-order valence-corrected chi connectivity index (χ4v) is 4.11. The van der Waals surface area contributed by atoms with Crippen molar-refractivity contribution in [3.63, 3.8) is 0 Å². The van der Waals surface area contributed by atoms with Gasteiger partial charge in [0.15, 0.2) is 0 Å². The minimum atomic E-state index is -3.82. The lowest BCUT2D eigenvalue weighted by Crippen LogP contribution is -2.32. The number of hydrogen-bond acceptors (Lipinski definition) is 4. The summed E-state index contributed by atoms with van der Waals surface area (Å²) in [6.07, 6.45) is 3.51. The average molecular weight is 328 g/mol. The Morgan fingerprint density at radius 2 is 2.14 bits per heavy atom. The quantitative estimate of drug-likeness (QED) is 0.862. The third-order valence-corrected chi connectivity index (χ3v) is 5.83. The van der Waals surface area contributed by atoms with Crippen LogP contribution in [0, 0.1) is 11.7 Å². The van der Waals surface area contributed by atoms with E-state index in [-0.39, 0.29) is 4.90 Å². The molecule has 2 aliphatic rings. The molecule has 1 atom stereocenters. The summed E-state index contributed by atoms with van der Waals surface area (Å²) in [5, 5.41) is 0. The summed E-state index contributed by atoms with van der Waals surface area (Å²) in [6, 6.07) is 4.48. The highest BCUT2D eigenvalue weighted by Gasteiger charge is 2.34. The van der Waals surface area contributed by atoms with Crippen LogP contribution in [0.1, 0.15) is 19.3 Å². The molecule has 0 radical (unpaired) electrons. The van der Waals surface area contributed by atoms with Crippen LogP contribution in [0.4, 0.5) is 4.39 Å². The number of halogens is 1. The predicted molar refractivity (Wildman–Crippen MR) is 80.8 cm³/mol. The Bertz CT molecular complexity index is 646. The minimum Gasteiger partial charge on any atom is -0.497 e. The van der Waals surface area contributed by atoms with Gasteiger partial charge in [-0.05, 0) is 43.9 Å². The van der Waals surface area contributed by atoms with Crippen molar-refractivity contribution in [2.24, 2.45) is 5.92 Å². The van der Waals surface area contributed by atoms with Crippen molar-refractivity contribution in [1.29, 1.82) is 0 Å². The maximum Gasteiger partial charge on any atom is 0.243 e. The van der Waals surface area contributed by atoms with Crippen LogP contribution in [0.3, 0.4) is 0 Å². The van der Waals surface area contributed by atoms with E-state index in [1.54, 1.807) is 0 Å². The number of rotatable bonds is 6. The molecule has 1 N–H and O–H groups in total. The summed E-state index contributed by atoms with van der Waals surface area (Å²) in [7, 11) is -2.41. The standard InChI is InChI=1S/C15H21FN2O3S/c1-21-13-4-5-15(14(16)8-13)22(19,20)17-9-11-6-7-18(10-11)12-2-3-12/h4-5,8,11-12,17H,2-3,6-7,9-10H2,1H3/t11-/m1/s1. The van der Waals surface area contributed by atoms with Crippen molar-refractivity contribution in [3.05, 3.63) is 24.0 Å². The van der Waals surface area contributed by atoms with Crippen LogP contribution < -0.4 is 9.46 Å². The van der Waals surface area contributed by atoms with Crippen molar-refractivity contribution < 1.29 is 17.5 Å². The smallest absolute Gasteiger partial charge is 0.243 e. The molecular weight excluding hydrogens is 307 g/mol. The molecule has 1 aliphatic carbocycles. The summed E-state index contributed by atoms with van der Waals surface area (Å²) in [6.45, 7) is 2.32. The number of likely N-dealkylation sites (tertiary alicyclic amines) is 1. The van der Waals surface area contributed by atoms with E-state index in [1.807, 2.05) is 0 Å². The molecule has 1 aromatic carbocycles. The van der Waals surface area contributed by atoms with Gasteiger partial charge in [0.25, 0.3) is 0 Å². The minimum absolute atomic E-state index is 0.298. The summed E-state index contributed by atoms with van der Waals surface area (Å²) in [4.78, 5) is 2.10. The summed E-state index contributed by atoms with van der Waals surface area (Å²) >= 11 is 0. The van der Waals surface area contributed by atoms with Gasteiger partial charge in [0.1, 0.15) is 16.5 Å². The molecule has 5 nitrogen and oxygen atoms in total. The molecule has 1 saturated carbocycles. The molecule has 0 bridgehead atoms. The topological polar surface area (TPSA) is 58.6 Å². The number of benzene rings is 1. The zero-order valence-corrected chi connectivity index (χ0v) is 13.4. The molecule has 122 valence electrons. The first-order chi connectivity index (χ1) is 10.5. The van der Waals surface area contributed by atoms with Gasteiger partial charge in [-0.15, -0.1) is 0 Å². The van der Waals surface area contributed by atoms with E-state index in [9.17, 15) is 12.8 Å². The maximum absolute atomic E-state index is 13.9. The fourth-order valence-electron chi connectivity index (χ4n) is 2.93. The lowest BCUT2D eigenvalue weighted by Gasteiger charge is -2.15. The summed E-state index contributed by atoms with van der Waals surface area (Å²) < 4.78 is 45.8. The van der Waals surface area contributed by atoms with E-state index in [4.69, 9.17) is 4.74 Å². The number of nitrogens with zero attached hydrogens (tertiary/aromatic N) is 1. The second kappa shape index (κ2) is 6.14. The fraction of sp³-hybridized carbons (Fsp3) is 0.600. The molecule has 0 spiro atoms. The van der Waals surface area contributed by atoms with Crippen LogP contribution in [0.15, 0.2) is 23.1 Å². The molecule has 1 heterocycles. The van der Waals surface area contributed by atoms with Crippen LogP contribution >= 0.6 is 0 Å². The van der Waals surface area contributed by atoms with Gasteiger partial charge in [-0.2, -0.15) is 0 Å². The van der Waals surface area contributed by atoms with Gasteiger partial charge in [-0.1, -0.05) is 0 Å². The van der Waals surface area contributed by atoms with E-state index in [0.717, 1.165) is 25.6 Å². The van der Waals surface area contributed by atoms with Crippen molar-refractivity contribution in [1.82, 2.24) is 9.62 Å². The van der Waals surface area contributed by atoms with Crippen molar-refractivity contribution >= 4 is 10.0 Å². The number of hydrogen-bond donors (Lipinski definition) is 1. The first kappa shape index (κ1) is 15.7. The zero-order chi connectivity index (χ0) is 15.7. The van der Waals surface area contributed by atoms with Gasteiger partial charge in [0.05, 0.1) is 7.11 Å². The SMILES string of the molecule is COc1ccc(S(=O)(=O)NC[C@H]2CCN(C3CC3)C2)c(F)c1. The Morgan fingerprint density at radius 3 is 2.77 bits per heavy atom. The molecular formula is C15H21FN2O3S. The molecule has 0 unspecified atom stereocenters. The normalized spacial score (nSPS) is 22.9. The first-order valence-electron chi connectivity index (χ1n) is 7.57. The maximum atomic E-state index is 13.9. The Hall–Kier alpha value is -1.18.